The van der Waals surface area contributed by atoms with E-state index in [1.54, 1.807) is 30.3 Å². The number of phenolic OH excluding ortho intramolecular Hbond substituents is 1. The zero-order valence-corrected chi connectivity index (χ0v) is 10.4. The van der Waals surface area contributed by atoms with Crippen LogP contribution in [0, 0.1) is 0 Å². The van der Waals surface area contributed by atoms with E-state index in [9.17, 15) is 9.90 Å². The zero-order chi connectivity index (χ0) is 13.1. The van der Waals surface area contributed by atoms with Gasteiger partial charge in [0, 0.05) is 16.7 Å². The maximum Gasteiger partial charge on any atom is 0.196 e. The number of halogens is 1. The molecule has 0 radical (unpaired) electrons. The van der Waals surface area contributed by atoms with Crippen LogP contribution in [0.4, 0.5) is 0 Å². The summed E-state index contributed by atoms with van der Waals surface area (Å²) in [4.78, 5) is 12.2. The first-order chi connectivity index (χ1) is 8.61. The molecule has 0 spiro atoms. The number of methoxy groups -OCH3 is 1. The second-order valence-corrected chi connectivity index (χ2v) is 4.16. The lowest BCUT2D eigenvalue weighted by molar-refractivity contribution is 0.103. The van der Waals surface area contributed by atoms with Crippen molar-refractivity contribution in [2.45, 2.75) is 0 Å². The highest BCUT2D eigenvalue weighted by atomic mass is 35.5. The van der Waals surface area contributed by atoms with E-state index in [1.165, 1.54) is 19.2 Å². The van der Waals surface area contributed by atoms with E-state index in [-0.39, 0.29) is 17.1 Å². The van der Waals surface area contributed by atoms with Gasteiger partial charge in [-0.05, 0) is 24.3 Å². The van der Waals surface area contributed by atoms with Gasteiger partial charge >= 0.3 is 0 Å². The van der Waals surface area contributed by atoms with Crippen molar-refractivity contribution in [3.05, 3.63) is 58.6 Å². The van der Waals surface area contributed by atoms with Gasteiger partial charge in [-0.2, -0.15) is 0 Å². The topological polar surface area (TPSA) is 46.5 Å². The molecule has 0 aliphatic heterocycles. The molecule has 0 fully saturated rings. The van der Waals surface area contributed by atoms with Gasteiger partial charge in [0.2, 0.25) is 0 Å². The Hall–Kier alpha value is -2.00. The zero-order valence-electron chi connectivity index (χ0n) is 9.68. The molecule has 0 bridgehead atoms. The van der Waals surface area contributed by atoms with Crippen molar-refractivity contribution < 1.29 is 14.6 Å². The molecule has 0 saturated heterocycles. The van der Waals surface area contributed by atoms with Gasteiger partial charge in [-0.15, -0.1) is 0 Å². The molecule has 0 aromatic heterocycles. The van der Waals surface area contributed by atoms with Crippen LogP contribution in [-0.4, -0.2) is 18.0 Å². The van der Waals surface area contributed by atoms with Crippen molar-refractivity contribution >= 4 is 17.4 Å². The van der Waals surface area contributed by atoms with E-state index in [4.69, 9.17) is 16.3 Å². The van der Waals surface area contributed by atoms with Crippen LogP contribution < -0.4 is 4.74 Å². The van der Waals surface area contributed by atoms with E-state index < -0.39 is 0 Å². The highest BCUT2D eigenvalue weighted by Gasteiger charge is 2.14. The smallest absolute Gasteiger partial charge is 0.196 e. The van der Waals surface area contributed by atoms with E-state index in [1.807, 2.05) is 0 Å². The number of aromatic hydroxyl groups is 1. The third-order valence-corrected chi connectivity index (χ3v) is 2.77. The predicted octanol–water partition coefficient (Wildman–Crippen LogP) is 3.29. The van der Waals surface area contributed by atoms with Gasteiger partial charge in [-0.25, -0.2) is 0 Å². The van der Waals surface area contributed by atoms with Crippen LogP contribution in [0.3, 0.4) is 0 Å². The molecule has 3 nitrogen and oxygen atoms in total. The van der Waals surface area contributed by atoms with Gasteiger partial charge in [-0.3, -0.25) is 4.79 Å². The van der Waals surface area contributed by atoms with E-state index in [2.05, 4.69) is 0 Å². The number of benzene rings is 2. The van der Waals surface area contributed by atoms with Crippen molar-refractivity contribution in [2.75, 3.05) is 7.11 Å². The van der Waals surface area contributed by atoms with Crippen molar-refractivity contribution in [2.24, 2.45) is 0 Å². The first kappa shape index (κ1) is 12.5. The number of hydrogen-bond donors (Lipinski definition) is 1. The molecule has 0 aliphatic carbocycles. The van der Waals surface area contributed by atoms with Crippen LogP contribution in [0.15, 0.2) is 42.5 Å². The van der Waals surface area contributed by atoms with E-state index in [0.717, 1.165) is 0 Å². The average Bonchev–Trinajstić information content (AvgIpc) is 2.37. The molecule has 2 aromatic carbocycles. The summed E-state index contributed by atoms with van der Waals surface area (Å²) in [7, 11) is 1.49. The van der Waals surface area contributed by atoms with Crippen LogP contribution in [0.25, 0.3) is 0 Å². The van der Waals surface area contributed by atoms with E-state index in [0.29, 0.717) is 16.3 Å². The standard InChI is InChI=1S/C14H11ClO3/c1-18-11-5-6-12(13(16)8-11)14(17)9-3-2-4-10(15)7-9/h2-8,16H,1H3. The molecule has 0 aliphatic rings. The van der Waals surface area contributed by atoms with Crippen molar-refractivity contribution in [1.82, 2.24) is 0 Å². The van der Waals surface area contributed by atoms with Gasteiger partial charge < -0.3 is 9.84 Å². The SMILES string of the molecule is COc1ccc(C(=O)c2cccc(Cl)c2)c(O)c1. The molecule has 92 valence electrons. The third kappa shape index (κ3) is 2.46. The number of rotatable bonds is 3. The maximum atomic E-state index is 12.2. The van der Waals surface area contributed by atoms with Crippen LogP contribution in [0.1, 0.15) is 15.9 Å². The Labute approximate surface area is 110 Å². The number of ether oxygens (including phenoxy) is 1. The summed E-state index contributed by atoms with van der Waals surface area (Å²) in [6, 6.07) is 11.1. The highest BCUT2D eigenvalue weighted by molar-refractivity contribution is 6.31. The van der Waals surface area contributed by atoms with E-state index >= 15 is 0 Å². The Morgan fingerprint density at radius 3 is 2.61 bits per heavy atom. The fourth-order valence-corrected chi connectivity index (χ4v) is 1.81. The van der Waals surface area contributed by atoms with Crippen molar-refractivity contribution in [1.29, 1.82) is 0 Å². The summed E-state index contributed by atoms with van der Waals surface area (Å²) in [6.45, 7) is 0. The monoisotopic (exact) mass is 262 g/mol. The summed E-state index contributed by atoms with van der Waals surface area (Å²) in [5, 5.41) is 10.3. The summed E-state index contributed by atoms with van der Waals surface area (Å²) >= 11 is 5.83. The molecule has 4 heteroatoms. The Balaban J connectivity index is 2.40. The maximum absolute atomic E-state index is 12.2. The molecular formula is C14H11ClO3. The molecule has 0 saturated carbocycles. The molecule has 2 aromatic rings. The fourth-order valence-electron chi connectivity index (χ4n) is 1.62. The molecule has 0 atom stereocenters. The lowest BCUT2D eigenvalue weighted by Crippen LogP contribution is -2.01. The second-order valence-electron chi connectivity index (χ2n) is 3.72. The van der Waals surface area contributed by atoms with Gasteiger partial charge in [-0.1, -0.05) is 23.7 Å². The fraction of sp³-hybridized carbons (Fsp3) is 0.0714. The summed E-state index contributed by atoms with van der Waals surface area (Å²) in [6.07, 6.45) is 0. The first-order valence-electron chi connectivity index (χ1n) is 5.29. The number of ketones is 1. The minimum atomic E-state index is -0.280. The summed E-state index contributed by atoms with van der Waals surface area (Å²) in [5.41, 5.74) is 0.654. The molecule has 0 unspecified atom stereocenters. The normalized spacial score (nSPS) is 10.1. The molecule has 2 rings (SSSR count). The molecular weight excluding hydrogens is 252 g/mol. The van der Waals surface area contributed by atoms with Gasteiger partial charge in [0.25, 0.3) is 0 Å². The van der Waals surface area contributed by atoms with Crippen molar-refractivity contribution in [3.63, 3.8) is 0 Å². The Morgan fingerprint density at radius 1 is 1.22 bits per heavy atom. The summed E-state index contributed by atoms with van der Waals surface area (Å²) in [5.74, 6) is 0.104. The average molecular weight is 263 g/mol. The molecule has 0 heterocycles. The van der Waals surface area contributed by atoms with Gasteiger partial charge in [0.15, 0.2) is 5.78 Å². The van der Waals surface area contributed by atoms with Crippen LogP contribution in [0.5, 0.6) is 11.5 Å². The lowest BCUT2D eigenvalue weighted by Gasteiger charge is -2.06. The Bertz CT molecular complexity index is 593. The minimum absolute atomic E-state index is 0.112. The lowest BCUT2D eigenvalue weighted by atomic mass is 10.0. The summed E-state index contributed by atoms with van der Waals surface area (Å²) < 4.78 is 4.96. The quantitative estimate of drug-likeness (QED) is 0.864. The largest absolute Gasteiger partial charge is 0.507 e. The van der Waals surface area contributed by atoms with Gasteiger partial charge in [0.05, 0.1) is 12.7 Å². The predicted molar refractivity (Wildman–Crippen MR) is 69.5 cm³/mol. The van der Waals surface area contributed by atoms with Crippen molar-refractivity contribution in [3.8, 4) is 11.5 Å². The van der Waals surface area contributed by atoms with Crippen LogP contribution in [0.2, 0.25) is 5.02 Å². The van der Waals surface area contributed by atoms with Crippen LogP contribution in [-0.2, 0) is 0 Å². The molecule has 0 amide bonds. The minimum Gasteiger partial charge on any atom is -0.507 e. The Kier molecular flexibility index (Phi) is 3.53. The number of hydrogen-bond acceptors (Lipinski definition) is 3. The molecule has 1 N–H and O–H groups in total. The number of phenols is 1. The van der Waals surface area contributed by atoms with Gasteiger partial charge in [0.1, 0.15) is 11.5 Å². The number of carbonyl (C=O) groups excluding carboxylic acids is 1. The Morgan fingerprint density at radius 2 is 2.00 bits per heavy atom. The second kappa shape index (κ2) is 5.10. The molecule has 18 heavy (non-hydrogen) atoms. The third-order valence-electron chi connectivity index (χ3n) is 2.54. The highest BCUT2D eigenvalue weighted by Crippen LogP contribution is 2.26. The first-order valence-corrected chi connectivity index (χ1v) is 5.67. The number of carbonyl (C=O) groups is 1. The van der Waals surface area contributed by atoms with Crippen LogP contribution >= 0.6 is 11.6 Å².